The molecule has 0 unspecified atom stereocenters. The second kappa shape index (κ2) is 7.68. The number of rotatable bonds is 5. The lowest BCUT2D eigenvalue weighted by Gasteiger charge is -2.37. The largest absolute Gasteiger partial charge is 0.430 e. The molecule has 0 aliphatic heterocycles. The van der Waals surface area contributed by atoms with Gasteiger partial charge in [-0.2, -0.15) is 13.2 Å². The number of carbonyl (C=O) groups is 1. The Kier molecular flexibility index (Phi) is 5.94. The Morgan fingerprint density at radius 1 is 1.04 bits per heavy atom. The van der Waals surface area contributed by atoms with Crippen LogP contribution in [0.5, 0.6) is 0 Å². The average molecular weight is 380 g/mol. The third-order valence-electron chi connectivity index (χ3n) is 4.33. The minimum Gasteiger partial charge on any atom is -0.356 e. The van der Waals surface area contributed by atoms with E-state index in [-0.39, 0.29) is 5.56 Å². The molecule has 146 valence electrons. The Morgan fingerprint density at radius 3 is 2.07 bits per heavy atom. The van der Waals surface area contributed by atoms with Crippen LogP contribution in [0.25, 0.3) is 0 Å². The molecule has 0 aliphatic carbocycles. The molecule has 2 aromatic rings. The number of methoxy groups -OCH3 is 1. The number of nitrogens with one attached hydrogen (secondary N) is 1. The molecule has 1 heterocycles. The van der Waals surface area contributed by atoms with Crippen LogP contribution in [0.1, 0.15) is 38.1 Å². The Labute approximate surface area is 156 Å². The van der Waals surface area contributed by atoms with Gasteiger partial charge in [-0.1, -0.05) is 57.2 Å². The second-order valence-corrected chi connectivity index (χ2v) is 7.28. The van der Waals surface area contributed by atoms with Gasteiger partial charge in [-0.05, 0) is 17.5 Å². The summed E-state index contributed by atoms with van der Waals surface area (Å²) in [5.41, 5.74) is -3.51. The summed E-state index contributed by atoms with van der Waals surface area (Å²) in [6, 6.07) is 11.2. The maximum Gasteiger partial charge on any atom is 0.430 e. The molecule has 0 radical (unpaired) electrons. The van der Waals surface area contributed by atoms with E-state index in [1.54, 1.807) is 24.3 Å². The van der Waals surface area contributed by atoms with E-state index in [1.165, 1.54) is 30.5 Å². The number of alkyl halides is 3. The molecule has 4 nitrogen and oxygen atoms in total. The van der Waals surface area contributed by atoms with Crippen LogP contribution in [-0.4, -0.2) is 24.2 Å². The number of halogens is 3. The second-order valence-electron chi connectivity index (χ2n) is 7.28. The van der Waals surface area contributed by atoms with Gasteiger partial charge in [0.2, 0.25) is 0 Å². The van der Waals surface area contributed by atoms with E-state index in [4.69, 9.17) is 4.74 Å². The van der Waals surface area contributed by atoms with Crippen molar-refractivity contribution in [1.29, 1.82) is 0 Å². The van der Waals surface area contributed by atoms with Crippen LogP contribution in [0.4, 0.5) is 13.2 Å². The predicted molar refractivity (Wildman–Crippen MR) is 95.8 cm³/mol. The summed E-state index contributed by atoms with van der Waals surface area (Å²) in [5, 5.41) is 2.52. The monoisotopic (exact) mass is 380 g/mol. The fraction of sp³-hybridized carbons (Fsp3) is 0.400. The Morgan fingerprint density at radius 2 is 1.63 bits per heavy atom. The van der Waals surface area contributed by atoms with E-state index in [1.807, 2.05) is 20.8 Å². The SMILES string of the molecule is CO[C@@](C(=O)N[C@@H](c1ccccn1)C(C)(C)C)(c1ccccc1)C(F)(F)F. The van der Waals surface area contributed by atoms with Crippen molar-refractivity contribution < 1.29 is 22.7 Å². The minimum atomic E-state index is -4.96. The molecule has 7 heteroatoms. The number of hydrogen-bond acceptors (Lipinski definition) is 3. The van der Waals surface area contributed by atoms with Crippen LogP contribution in [-0.2, 0) is 15.1 Å². The molecule has 0 saturated carbocycles. The number of amides is 1. The molecule has 1 aromatic heterocycles. The quantitative estimate of drug-likeness (QED) is 0.837. The van der Waals surface area contributed by atoms with Crippen LogP contribution >= 0.6 is 0 Å². The molecule has 0 bridgehead atoms. The van der Waals surface area contributed by atoms with Crippen molar-refractivity contribution in [1.82, 2.24) is 10.3 Å². The van der Waals surface area contributed by atoms with Gasteiger partial charge >= 0.3 is 6.18 Å². The summed E-state index contributed by atoms with van der Waals surface area (Å²) in [4.78, 5) is 17.2. The predicted octanol–water partition coefficient (Wildman–Crippen LogP) is 4.39. The Bertz CT molecular complexity index is 758. The third-order valence-corrected chi connectivity index (χ3v) is 4.33. The van der Waals surface area contributed by atoms with Crippen molar-refractivity contribution >= 4 is 5.91 Å². The molecule has 1 aromatic carbocycles. The zero-order valence-electron chi connectivity index (χ0n) is 15.7. The smallest absolute Gasteiger partial charge is 0.356 e. The summed E-state index contributed by atoms with van der Waals surface area (Å²) in [6.07, 6.45) is -3.43. The lowest BCUT2D eigenvalue weighted by atomic mass is 9.83. The van der Waals surface area contributed by atoms with Gasteiger partial charge in [0, 0.05) is 18.9 Å². The van der Waals surface area contributed by atoms with E-state index in [0.29, 0.717) is 5.69 Å². The van der Waals surface area contributed by atoms with E-state index < -0.39 is 29.1 Å². The van der Waals surface area contributed by atoms with Gasteiger partial charge in [-0.15, -0.1) is 0 Å². The molecular weight excluding hydrogens is 357 g/mol. The van der Waals surface area contributed by atoms with E-state index in [9.17, 15) is 18.0 Å². The van der Waals surface area contributed by atoms with Gasteiger partial charge in [0.05, 0.1) is 11.7 Å². The molecule has 27 heavy (non-hydrogen) atoms. The molecule has 0 fully saturated rings. The van der Waals surface area contributed by atoms with Gasteiger partial charge in [0.1, 0.15) is 0 Å². The van der Waals surface area contributed by atoms with E-state index >= 15 is 0 Å². The van der Waals surface area contributed by atoms with Crippen LogP contribution in [0.2, 0.25) is 0 Å². The highest BCUT2D eigenvalue weighted by atomic mass is 19.4. The van der Waals surface area contributed by atoms with Gasteiger partial charge in [-0.3, -0.25) is 9.78 Å². The summed E-state index contributed by atoms with van der Waals surface area (Å²) in [6.45, 7) is 5.45. The van der Waals surface area contributed by atoms with Crippen molar-refractivity contribution in [3.63, 3.8) is 0 Å². The normalized spacial score (nSPS) is 15.7. The molecule has 0 spiro atoms. The summed E-state index contributed by atoms with van der Waals surface area (Å²) in [7, 11) is 0.882. The zero-order chi connectivity index (χ0) is 20.3. The number of nitrogens with zero attached hydrogens (tertiary/aromatic N) is 1. The summed E-state index contributed by atoms with van der Waals surface area (Å²) >= 11 is 0. The van der Waals surface area contributed by atoms with Crippen molar-refractivity contribution in [2.75, 3.05) is 7.11 Å². The van der Waals surface area contributed by atoms with Crippen LogP contribution in [0.3, 0.4) is 0 Å². The first kappa shape index (κ1) is 20.9. The third kappa shape index (κ3) is 4.13. The fourth-order valence-corrected chi connectivity index (χ4v) is 2.94. The molecule has 0 aliphatic rings. The van der Waals surface area contributed by atoms with Crippen LogP contribution < -0.4 is 5.32 Å². The highest BCUT2D eigenvalue weighted by Crippen LogP contribution is 2.43. The maximum absolute atomic E-state index is 14.1. The van der Waals surface area contributed by atoms with Gasteiger partial charge in [0.25, 0.3) is 11.5 Å². The number of ether oxygens (including phenoxy) is 1. The van der Waals surface area contributed by atoms with E-state index in [2.05, 4.69) is 10.3 Å². The summed E-state index contributed by atoms with van der Waals surface area (Å²) in [5.74, 6) is -1.28. The van der Waals surface area contributed by atoms with Gasteiger partial charge in [0.15, 0.2) is 0 Å². The van der Waals surface area contributed by atoms with E-state index in [0.717, 1.165) is 7.11 Å². The molecular formula is C20H23F3N2O2. The average Bonchev–Trinajstić information content (AvgIpc) is 2.60. The lowest BCUT2D eigenvalue weighted by Crippen LogP contribution is -2.57. The number of pyridine rings is 1. The molecule has 0 saturated heterocycles. The molecule has 1 N–H and O–H groups in total. The van der Waals surface area contributed by atoms with Crippen molar-refractivity contribution in [2.45, 2.75) is 38.6 Å². The lowest BCUT2D eigenvalue weighted by molar-refractivity contribution is -0.266. The first-order chi connectivity index (χ1) is 12.5. The maximum atomic E-state index is 14.1. The number of aromatic nitrogens is 1. The summed E-state index contributed by atoms with van der Waals surface area (Å²) < 4.78 is 47.0. The first-order valence-corrected chi connectivity index (χ1v) is 8.43. The standard InChI is InChI=1S/C20H23F3N2O2/c1-18(2,3)16(15-12-8-9-13-24-15)25-17(26)19(27-4,20(21,22)23)14-10-6-5-7-11-14/h5-13,16H,1-4H3,(H,25,26)/t16-,19+/m0/s1. The van der Waals surface area contributed by atoms with Crippen LogP contribution in [0.15, 0.2) is 54.7 Å². The fourth-order valence-electron chi connectivity index (χ4n) is 2.94. The zero-order valence-corrected chi connectivity index (χ0v) is 15.7. The molecule has 2 rings (SSSR count). The highest BCUT2D eigenvalue weighted by Gasteiger charge is 2.63. The van der Waals surface area contributed by atoms with Crippen molar-refractivity contribution in [3.05, 3.63) is 66.0 Å². The Hall–Kier alpha value is -2.41. The first-order valence-electron chi connectivity index (χ1n) is 8.43. The van der Waals surface area contributed by atoms with Gasteiger partial charge < -0.3 is 10.1 Å². The van der Waals surface area contributed by atoms with Crippen molar-refractivity contribution in [3.8, 4) is 0 Å². The topological polar surface area (TPSA) is 51.2 Å². The molecule has 2 atom stereocenters. The van der Waals surface area contributed by atoms with Crippen molar-refractivity contribution in [2.24, 2.45) is 5.41 Å². The number of benzene rings is 1. The van der Waals surface area contributed by atoms with Gasteiger partial charge in [-0.25, -0.2) is 0 Å². The highest BCUT2D eigenvalue weighted by molar-refractivity contribution is 5.88. The number of hydrogen-bond donors (Lipinski definition) is 1. The number of carbonyl (C=O) groups excluding carboxylic acids is 1. The minimum absolute atomic E-state index is 0.286. The van der Waals surface area contributed by atoms with Crippen LogP contribution in [0, 0.1) is 5.41 Å². The Balaban J connectivity index is 2.52. The molecule has 1 amide bonds.